The summed E-state index contributed by atoms with van der Waals surface area (Å²) in [4.78, 5) is 11.7. The zero-order valence-electron chi connectivity index (χ0n) is 13.5. The maximum Gasteiger partial charge on any atom is 0.137 e. The van der Waals surface area contributed by atoms with Gasteiger partial charge in [-0.2, -0.15) is 0 Å². The van der Waals surface area contributed by atoms with Crippen molar-refractivity contribution in [2.24, 2.45) is 5.92 Å². The number of aromatic nitrogens is 2. The molecule has 0 saturated heterocycles. The number of hydrogen-bond acceptors (Lipinski definition) is 4. The van der Waals surface area contributed by atoms with Crippen LogP contribution in [0.25, 0.3) is 0 Å². The molecule has 0 bridgehead atoms. The molecule has 20 heavy (non-hydrogen) atoms. The minimum atomic E-state index is 0.562. The minimum Gasteiger partial charge on any atom is -0.370 e. The predicted molar refractivity (Wildman–Crippen MR) is 85.5 cm³/mol. The molecule has 1 atom stereocenters. The van der Waals surface area contributed by atoms with Crippen LogP contribution < -0.4 is 10.2 Å². The second-order valence-electron chi connectivity index (χ2n) is 5.91. The summed E-state index contributed by atoms with van der Waals surface area (Å²) in [5.41, 5.74) is 1.17. The molecule has 0 spiro atoms. The van der Waals surface area contributed by atoms with Gasteiger partial charge < -0.3 is 10.2 Å². The van der Waals surface area contributed by atoms with Crippen LogP contribution in [0, 0.1) is 12.8 Å². The Balaban J connectivity index is 2.29. The lowest BCUT2D eigenvalue weighted by molar-refractivity contribution is 0.600. The van der Waals surface area contributed by atoms with Crippen molar-refractivity contribution in [3.05, 3.63) is 11.4 Å². The second-order valence-corrected chi connectivity index (χ2v) is 5.91. The monoisotopic (exact) mass is 276 g/mol. The summed E-state index contributed by atoms with van der Waals surface area (Å²) in [6, 6.07) is 0.562. The molecule has 0 aromatic carbocycles. The molecule has 1 aliphatic rings. The molecule has 1 fully saturated rings. The molecule has 1 heterocycles. The van der Waals surface area contributed by atoms with Gasteiger partial charge in [-0.3, -0.25) is 0 Å². The molecule has 112 valence electrons. The molecule has 1 aromatic heterocycles. The van der Waals surface area contributed by atoms with Crippen LogP contribution in [-0.4, -0.2) is 29.6 Å². The van der Waals surface area contributed by atoms with Crippen molar-refractivity contribution in [1.82, 2.24) is 9.97 Å². The van der Waals surface area contributed by atoms with Crippen molar-refractivity contribution >= 4 is 11.6 Å². The highest BCUT2D eigenvalue weighted by atomic mass is 15.2. The Labute approximate surface area is 123 Å². The normalized spacial score (nSPS) is 16.1. The Hall–Kier alpha value is -1.32. The Morgan fingerprint density at radius 1 is 1.30 bits per heavy atom. The molecule has 1 saturated carbocycles. The highest BCUT2D eigenvalue weighted by Gasteiger charge is 2.32. The lowest BCUT2D eigenvalue weighted by atomic mass is 10.1. The first-order valence-corrected chi connectivity index (χ1v) is 7.92. The minimum absolute atomic E-state index is 0.562. The van der Waals surface area contributed by atoms with Gasteiger partial charge in [0.15, 0.2) is 0 Å². The first kappa shape index (κ1) is 15.1. The molecule has 1 aromatic rings. The van der Waals surface area contributed by atoms with Crippen LogP contribution in [0.3, 0.4) is 0 Å². The quantitative estimate of drug-likeness (QED) is 0.828. The average Bonchev–Trinajstić information content (AvgIpc) is 3.29. The number of anilines is 2. The van der Waals surface area contributed by atoms with Gasteiger partial charge in [0, 0.05) is 31.6 Å². The van der Waals surface area contributed by atoms with Gasteiger partial charge in [-0.15, -0.1) is 0 Å². The zero-order chi connectivity index (χ0) is 14.7. The standard InChI is InChI=1S/C16H28N4/c1-6-10-17-15-11(3)16(19-14(7-2)18-15)20(5)12(4)13-8-9-13/h12-13H,6-10H2,1-5H3,(H,17,18,19). The molecule has 1 unspecified atom stereocenters. The molecular formula is C16H28N4. The van der Waals surface area contributed by atoms with E-state index in [0.29, 0.717) is 6.04 Å². The summed E-state index contributed by atoms with van der Waals surface area (Å²) >= 11 is 0. The van der Waals surface area contributed by atoms with Gasteiger partial charge in [-0.05, 0) is 39.0 Å². The lowest BCUT2D eigenvalue weighted by Gasteiger charge is -2.28. The summed E-state index contributed by atoms with van der Waals surface area (Å²) in [7, 11) is 2.17. The first-order chi connectivity index (χ1) is 9.58. The fourth-order valence-corrected chi connectivity index (χ4v) is 2.55. The van der Waals surface area contributed by atoms with E-state index in [2.05, 4.69) is 49.9 Å². The molecule has 0 amide bonds. The third-order valence-corrected chi connectivity index (χ3v) is 4.27. The van der Waals surface area contributed by atoms with Crippen molar-refractivity contribution in [3.8, 4) is 0 Å². The van der Waals surface area contributed by atoms with E-state index in [4.69, 9.17) is 4.98 Å². The van der Waals surface area contributed by atoms with E-state index in [-0.39, 0.29) is 0 Å². The summed E-state index contributed by atoms with van der Waals surface area (Å²) in [5.74, 6) is 3.86. The van der Waals surface area contributed by atoms with Crippen molar-refractivity contribution in [2.45, 2.75) is 59.4 Å². The van der Waals surface area contributed by atoms with E-state index < -0.39 is 0 Å². The highest BCUT2D eigenvalue weighted by Crippen LogP contribution is 2.37. The van der Waals surface area contributed by atoms with E-state index in [1.54, 1.807) is 0 Å². The third-order valence-electron chi connectivity index (χ3n) is 4.27. The maximum atomic E-state index is 4.77. The van der Waals surface area contributed by atoms with Gasteiger partial charge in [-0.1, -0.05) is 13.8 Å². The summed E-state index contributed by atoms with van der Waals surface area (Å²) < 4.78 is 0. The van der Waals surface area contributed by atoms with Gasteiger partial charge in [0.25, 0.3) is 0 Å². The van der Waals surface area contributed by atoms with E-state index in [0.717, 1.165) is 42.8 Å². The third kappa shape index (κ3) is 3.22. The van der Waals surface area contributed by atoms with E-state index in [9.17, 15) is 0 Å². The number of nitrogens with one attached hydrogen (secondary N) is 1. The summed E-state index contributed by atoms with van der Waals surface area (Å²) in [5, 5.41) is 3.44. The van der Waals surface area contributed by atoms with Crippen molar-refractivity contribution in [3.63, 3.8) is 0 Å². The summed E-state index contributed by atoms with van der Waals surface area (Å²) in [6.07, 6.45) is 4.70. The topological polar surface area (TPSA) is 41.1 Å². The Morgan fingerprint density at radius 2 is 2.00 bits per heavy atom. The van der Waals surface area contributed by atoms with E-state index in [1.807, 2.05) is 0 Å². The molecular weight excluding hydrogens is 248 g/mol. The predicted octanol–water partition coefficient (Wildman–Crippen LogP) is 3.40. The highest BCUT2D eigenvalue weighted by molar-refractivity contribution is 5.59. The molecule has 1 aliphatic carbocycles. The molecule has 0 aliphatic heterocycles. The lowest BCUT2D eigenvalue weighted by Crippen LogP contribution is -2.32. The zero-order valence-corrected chi connectivity index (χ0v) is 13.5. The van der Waals surface area contributed by atoms with Gasteiger partial charge >= 0.3 is 0 Å². The number of hydrogen-bond donors (Lipinski definition) is 1. The fraction of sp³-hybridized carbons (Fsp3) is 0.750. The van der Waals surface area contributed by atoms with Crippen LogP contribution in [0.5, 0.6) is 0 Å². The Morgan fingerprint density at radius 3 is 2.55 bits per heavy atom. The fourth-order valence-electron chi connectivity index (χ4n) is 2.55. The smallest absolute Gasteiger partial charge is 0.137 e. The van der Waals surface area contributed by atoms with Gasteiger partial charge in [-0.25, -0.2) is 9.97 Å². The molecule has 4 heteroatoms. The Bertz CT molecular complexity index is 454. The van der Waals surface area contributed by atoms with Crippen LogP contribution in [0.15, 0.2) is 0 Å². The van der Waals surface area contributed by atoms with Crippen LogP contribution in [0.1, 0.15) is 51.4 Å². The maximum absolute atomic E-state index is 4.77. The molecule has 2 rings (SSSR count). The molecule has 4 nitrogen and oxygen atoms in total. The van der Waals surface area contributed by atoms with Crippen molar-refractivity contribution in [1.29, 1.82) is 0 Å². The largest absolute Gasteiger partial charge is 0.370 e. The number of aryl methyl sites for hydroxylation is 1. The van der Waals surface area contributed by atoms with Gasteiger partial charge in [0.1, 0.15) is 17.5 Å². The van der Waals surface area contributed by atoms with Crippen LogP contribution >= 0.6 is 0 Å². The van der Waals surface area contributed by atoms with Crippen molar-refractivity contribution < 1.29 is 0 Å². The first-order valence-electron chi connectivity index (χ1n) is 7.92. The average molecular weight is 276 g/mol. The second kappa shape index (κ2) is 6.42. The van der Waals surface area contributed by atoms with Crippen LogP contribution in [0.4, 0.5) is 11.6 Å². The van der Waals surface area contributed by atoms with E-state index in [1.165, 1.54) is 18.4 Å². The Kier molecular flexibility index (Phi) is 4.84. The SMILES string of the molecule is CCCNc1nc(CC)nc(N(C)C(C)C2CC2)c1C. The molecule has 1 N–H and O–H groups in total. The number of rotatable bonds is 7. The summed E-state index contributed by atoms with van der Waals surface area (Å²) in [6.45, 7) is 9.68. The number of nitrogens with zero attached hydrogens (tertiary/aromatic N) is 3. The van der Waals surface area contributed by atoms with Crippen LogP contribution in [0.2, 0.25) is 0 Å². The van der Waals surface area contributed by atoms with Gasteiger partial charge in [0.2, 0.25) is 0 Å². The molecule has 0 radical (unpaired) electrons. The van der Waals surface area contributed by atoms with E-state index >= 15 is 0 Å². The van der Waals surface area contributed by atoms with Gasteiger partial charge in [0.05, 0.1) is 0 Å². The van der Waals surface area contributed by atoms with Crippen molar-refractivity contribution in [2.75, 3.05) is 23.8 Å². The van der Waals surface area contributed by atoms with Crippen LogP contribution in [-0.2, 0) is 6.42 Å².